The highest BCUT2D eigenvalue weighted by molar-refractivity contribution is 9.10. The number of carbonyl (C=O) groups excluding carboxylic acids is 1. The number of carbonyl (C=O) groups is 1. The highest BCUT2D eigenvalue weighted by Crippen LogP contribution is 2.42. The fourth-order valence-corrected chi connectivity index (χ4v) is 4.33. The van der Waals surface area contributed by atoms with Gasteiger partial charge in [0, 0.05) is 23.6 Å². The van der Waals surface area contributed by atoms with Crippen LogP contribution in [0.15, 0.2) is 53.1 Å². The first-order valence-electron chi connectivity index (χ1n) is 9.02. The van der Waals surface area contributed by atoms with Crippen LogP contribution < -0.4 is 5.32 Å². The van der Waals surface area contributed by atoms with Gasteiger partial charge in [-0.3, -0.25) is 9.20 Å². The smallest absolute Gasteiger partial charge is 0.230 e. The van der Waals surface area contributed by atoms with Crippen molar-refractivity contribution in [3.8, 4) is 0 Å². The molecule has 5 nitrogen and oxygen atoms in total. The second kappa shape index (κ2) is 7.19. The fourth-order valence-electron chi connectivity index (χ4n) is 3.93. The molecule has 26 heavy (non-hydrogen) atoms. The number of nitrogens with one attached hydrogen (secondary N) is 1. The van der Waals surface area contributed by atoms with Crippen LogP contribution >= 0.6 is 15.9 Å². The Bertz CT molecular complexity index is 930. The number of rotatable bonds is 5. The van der Waals surface area contributed by atoms with E-state index in [1.807, 2.05) is 40.9 Å². The maximum atomic E-state index is 13.1. The van der Waals surface area contributed by atoms with Crippen LogP contribution in [0.4, 0.5) is 0 Å². The number of nitrogens with zero attached hydrogens (tertiary/aromatic N) is 3. The number of amides is 1. The van der Waals surface area contributed by atoms with Gasteiger partial charge in [0.2, 0.25) is 5.91 Å². The maximum absolute atomic E-state index is 13.1. The SMILES string of the molecule is O=C(NCCc1nnc2ccccn12)C1(c2cccc(Br)c2)CCCC1. The molecule has 4 rings (SSSR count). The van der Waals surface area contributed by atoms with Gasteiger partial charge >= 0.3 is 0 Å². The summed E-state index contributed by atoms with van der Waals surface area (Å²) in [6, 6.07) is 14.0. The summed E-state index contributed by atoms with van der Waals surface area (Å²) in [5, 5.41) is 11.5. The summed E-state index contributed by atoms with van der Waals surface area (Å²) in [4.78, 5) is 13.1. The Morgan fingerprint density at radius 1 is 1.15 bits per heavy atom. The lowest BCUT2D eigenvalue weighted by Crippen LogP contribution is -2.43. The molecule has 0 unspecified atom stereocenters. The average Bonchev–Trinajstić information content (AvgIpc) is 3.30. The Morgan fingerprint density at radius 2 is 2.00 bits per heavy atom. The summed E-state index contributed by atoms with van der Waals surface area (Å²) in [6.45, 7) is 0.560. The zero-order valence-electron chi connectivity index (χ0n) is 14.5. The Labute approximate surface area is 161 Å². The molecule has 1 aromatic carbocycles. The lowest BCUT2D eigenvalue weighted by molar-refractivity contribution is -0.126. The number of hydrogen-bond donors (Lipinski definition) is 1. The lowest BCUT2D eigenvalue weighted by atomic mass is 9.78. The van der Waals surface area contributed by atoms with Gasteiger partial charge in [-0.2, -0.15) is 0 Å². The van der Waals surface area contributed by atoms with Crippen LogP contribution in [-0.2, 0) is 16.6 Å². The molecule has 1 aliphatic rings. The van der Waals surface area contributed by atoms with Gasteiger partial charge in [-0.05, 0) is 42.7 Å². The molecule has 0 saturated heterocycles. The summed E-state index contributed by atoms with van der Waals surface area (Å²) in [5.74, 6) is 0.991. The molecule has 2 heterocycles. The topological polar surface area (TPSA) is 59.3 Å². The molecule has 1 fully saturated rings. The minimum absolute atomic E-state index is 0.127. The maximum Gasteiger partial charge on any atom is 0.230 e. The van der Waals surface area contributed by atoms with Gasteiger partial charge in [-0.25, -0.2) is 0 Å². The molecule has 1 aliphatic carbocycles. The van der Waals surface area contributed by atoms with Gasteiger partial charge in [0.05, 0.1) is 5.41 Å². The Hall–Kier alpha value is -2.21. The van der Waals surface area contributed by atoms with E-state index in [1.54, 1.807) is 0 Å². The third-order valence-electron chi connectivity index (χ3n) is 5.29. The molecule has 3 aromatic rings. The molecule has 0 radical (unpaired) electrons. The largest absolute Gasteiger partial charge is 0.355 e. The van der Waals surface area contributed by atoms with Crippen LogP contribution in [0.3, 0.4) is 0 Å². The van der Waals surface area contributed by atoms with Crippen LogP contribution in [0.5, 0.6) is 0 Å². The quantitative estimate of drug-likeness (QED) is 0.695. The minimum Gasteiger partial charge on any atom is -0.355 e. The van der Waals surface area contributed by atoms with Gasteiger partial charge < -0.3 is 5.32 Å². The van der Waals surface area contributed by atoms with Crippen molar-refractivity contribution < 1.29 is 4.79 Å². The van der Waals surface area contributed by atoms with Crippen molar-refractivity contribution in [3.05, 3.63) is 64.5 Å². The molecule has 1 saturated carbocycles. The number of benzene rings is 1. The van der Waals surface area contributed by atoms with Crippen LogP contribution in [0.2, 0.25) is 0 Å². The Balaban J connectivity index is 1.47. The number of fused-ring (bicyclic) bond motifs is 1. The van der Waals surface area contributed by atoms with Crippen LogP contribution in [0, 0.1) is 0 Å². The van der Waals surface area contributed by atoms with Crippen molar-refractivity contribution in [3.63, 3.8) is 0 Å². The fraction of sp³-hybridized carbons (Fsp3) is 0.350. The summed E-state index contributed by atoms with van der Waals surface area (Å²) in [6.07, 6.45) is 6.60. The standard InChI is InChI=1S/C20H21BrN4O/c21-16-7-5-6-15(14-16)20(10-2-3-11-20)19(26)22-12-9-18-24-23-17-8-1-4-13-25(17)18/h1,4-8,13-14H,2-3,9-12H2,(H,22,26). The number of halogens is 1. The highest BCUT2D eigenvalue weighted by atomic mass is 79.9. The van der Waals surface area contributed by atoms with Gasteiger partial charge in [0.25, 0.3) is 0 Å². The van der Waals surface area contributed by atoms with Crippen molar-refractivity contribution in [2.45, 2.75) is 37.5 Å². The molecule has 0 aliphatic heterocycles. The van der Waals surface area contributed by atoms with E-state index in [0.717, 1.165) is 47.2 Å². The molecular formula is C20H21BrN4O. The molecule has 6 heteroatoms. The zero-order chi connectivity index (χ0) is 18.0. The number of pyridine rings is 1. The molecule has 1 N–H and O–H groups in total. The number of aromatic nitrogens is 3. The second-order valence-electron chi connectivity index (χ2n) is 6.85. The molecule has 1 amide bonds. The van der Waals surface area contributed by atoms with E-state index in [-0.39, 0.29) is 5.91 Å². The summed E-state index contributed by atoms with van der Waals surface area (Å²) in [7, 11) is 0. The van der Waals surface area contributed by atoms with Crippen molar-refractivity contribution >= 4 is 27.5 Å². The first-order chi connectivity index (χ1) is 12.7. The summed E-state index contributed by atoms with van der Waals surface area (Å²) < 4.78 is 2.98. The van der Waals surface area contributed by atoms with E-state index >= 15 is 0 Å². The third-order valence-corrected chi connectivity index (χ3v) is 5.78. The molecule has 0 atom stereocenters. The first-order valence-corrected chi connectivity index (χ1v) is 9.81. The van der Waals surface area contributed by atoms with Crippen LogP contribution in [0.1, 0.15) is 37.1 Å². The lowest BCUT2D eigenvalue weighted by Gasteiger charge is -2.28. The summed E-state index contributed by atoms with van der Waals surface area (Å²) in [5.41, 5.74) is 1.53. The Kier molecular flexibility index (Phi) is 4.76. The third kappa shape index (κ3) is 3.14. The monoisotopic (exact) mass is 412 g/mol. The molecular weight excluding hydrogens is 392 g/mol. The first kappa shape index (κ1) is 17.2. The number of hydrogen-bond acceptors (Lipinski definition) is 3. The van der Waals surface area contributed by atoms with Crippen LogP contribution in [0.25, 0.3) is 5.65 Å². The van der Waals surface area contributed by atoms with Crippen LogP contribution in [-0.4, -0.2) is 27.0 Å². The van der Waals surface area contributed by atoms with Gasteiger partial charge in [0.15, 0.2) is 5.65 Å². The predicted molar refractivity (Wildman–Crippen MR) is 104 cm³/mol. The minimum atomic E-state index is -0.406. The second-order valence-corrected chi connectivity index (χ2v) is 7.77. The van der Waals surface area contributed by atoms with Crippen molar-refractivity contribution in [2.24, 2.45) is 0 Å². The van der Waals surface area contributed by atoms with E-state index < -0.39 is 5.41 Å². The van der Waals surface area contributed by atoms with E-state index in [4.69, 9.17) is 0 Å². The van der Waals surface area contributed by atoms with Gasteiger partial charge in [0.1, 0.15) is 5.82 Å². The van der Waals surface area contributed by atoms with Gasteiger partial charge in [-0.15, -0.1) is 10.2 Å². The van der Waals surface area contributed by atoms with Crippen molar-refractivity contribution in [2.75, 3.05) is 6.54 Å². The summed E-state index contributed by atoms with van der Waals surface area (Å²) >= 11 is 3.53. The average molecular weight is 413 g/mol. The van der Waals surface area contributed by atoms with E-state index in [1.165, 1.54) is 0 Å². The molecule has 134 valence electrons. The Morgan fingerprint density at radius 3 is 2.81 bits per heavy atom. The van der Waals surface area contributed by atoms with E-state index in [0.29, 0.717) is 13.0 Å². The van der Waals surface area contributed by atoms with Crippen molar-refractivity contribution in [1.29, 1.82) is 0 Å². The zero-order valence-corrected chi connectivity index (χ0v) is 16.1. The molecule has 2 aromatic heterocycles. The molecule has 0 bridgehead atoms. The molecule has 0 spiro atoms. The van der Waals surface area contributed by atoms with E-state index in [2.05, 4.69) is 43.6 Å². The van der Waals surface area contributed by atoms with E-state index in [9.17, 15) is 4.79 Å². The normalized spacial score (nSPS) is 16.0. The van der Waals surface area contributed by atoms with Gasteiger partial charge in [-0.1, -0.05) is 47.0 Å². The van der Waals surface area contributed by atoms with Crippen molar-refractivity contribution in [1.82, 2.24) is 19.9 Å². The highest BCUT2D eigenvalue weighted by Gasteiger charge is 2.42. The predicted octanol–water partition coefficient (Wildman–Crippen LogP) is 3.66.